The van der Waals surface area contributed by atoms with Gasteiger partial charge in [0.25, 0.3) is 5.91 Å². The van der Waals surface area contributed by atoms with E-state index in [0.29, 0.717) is 12.1 Å². The van der Waals surface area contributed by atoms with Crippen molar-refractivity contribution in [1.29, 1.82) is 0 Å². The summed E-state index contributed by atoms with van der Waals surface area (Å²) < 4.78 is 10.9. The molecule has 3 aromatic rings. The van der Waals surface area contributed by atoms with Crippen molar-refractivity contribution < 1.29 is 14.3 Å². The molecule has 1 unspecified atom stereocenters. The predicted octanol–water partition coefficient (Wildman–Crippen LogP) is 4.92. The highest BCUT2D eigenvalue weighted by Gasteiger charge is 2.12. The maximum absolute atomic E-state index is 12.2. The average Bonchev–Trinajstić information content (AvgIpc) is 2.81. The quantitative estimate of drug-likeness (QED) is 0.564. The van der Waals surface area contributed by atoms with E-state index in [4.69, 9.17) is 9.47 Å². The van der Waals surface area contributed by atoms with Gasteiger partial charge in [-0.2, -0.15) is 0 Å². The molecule has 162 valence electrons. The van der Waals surface area contributed by atoms with Crippen LogP contribution in [0.4, 0.5) is 0 Å². The number of amides is 1. The molecule has 5 nitrogen and oxygen atoms in total. The standard InChI is InChI=1S/C26H30N2O3/c1-18(22-7-6-8-23(16-22)30-4)27-17-19-9-14-25(31-5)24(15-19)20-10-12-21(13-11-20)26(29)28(2)3/h6-16,18,27H,17H2,1-5H3. The highest BCUT2D eigenvalue weighted by Crippen LogP contribution is 2.31. The number of nitrogens with zero attached hydrogens (tertiary/aromatic N) is 1. The van der Waals surface area contributed by atoms with E-state index in [1.54, 1.807) is 33.2 Å². The Morgan fingerprint density at radius 1 is 0.968 bits per heavy atom. The summed E-state index contributed by atoms with van der Waals surface area (Å²) >= 11 is 0. The summed E-state index contributed by atoms with van der Waals surface area (Å²) in [5, 5.41) is 3.57. The molecule has 1 atom stereocenters. The van der Waals surface area contributed by atoms with Crippen LogP contribution in [0.5, 0.6) is 11.5 Å². The number of nitrogens with one attached hydrogen (secondary N) is 1. The molecule has 0 spiro atoms. The SMILES string of the molecule is COc1cccc(C(C)NCc2ccc(OC)c(-c3ccc(C(=O)N(C)C)cc3)c2)c1. The fourth-order valence-corrected chi connectivity index (χ4v) is 3.44. The van der Waals surface area contributed by atoms with Gasteiger partial charge in [-0.15, -0.1) is 0 Å². The van der Waals surface area contributed by atoms with Gasteiger partial charge >= 0.3 is 0 Å². The minimum atomic E-state index is -0.0111. The van der Waals surface area contributed by atoms with Crippen molar-refractivity contribution in [2.24, 2.45) is 0 Å². The van der Waals surface area contributed by atoms with Crippen LogP contribution in [0.2, 0.25) is 0 Å². The lowest BCUT2D eigenvalue weighted by Gasteiger charge is -2.17. The van der Waals surface area contributed by atoms with Crippen LogP contribution < -0.4 is 14.8 Å². The summed E-state index contributed by atoms with van der Waals surface area (Å²) in [7, 11) is 6.86. The molecule has 0 aliphatic heterocycles. The van der Waals surface area contributed by atoms with Crippen molar-refractivity contribution in [3.05, 3.63) is 83.4 Å². The second kappa shape index (κ2) is 10.1. The third-order valence-corrected chi connectivity index (χ3v) is 5.32. The fourth-order valence-electron chi connectivity index (χ4n) is 3.44. The van der Waals surface area contributed by atoms with Gasteiger partial charge in [-0.25, -0.2) is 0 Å². The van der Waals surface area contributed by atoms with Gasteiger partial charge in [0.15, 0.2) is 0 Å². The third kappa shape index (κ3) is 5.44. The molecule has 0 saturated carbocycles. The van der Waals surface area contributed by atoms with Crippen LogP contribution in [-0.2, 0) is 6.54 Å². The van der Waals surface area contributed by atoms with Crippen molar-refractivity contribution in [2.75, 3.05) is 28.3 Å². The molecule has 3 aromatic carbocycles. The van der Waals surface area contributed by atoms with Gasteiger partial charge in [0.1, 0.15) is 11.5 Å². The van der Waals surface area contributed by atoms with Crippen molar-refractivity contribution in [2.45, 2.75) is 19.5 Å². The van der Waals surface area contributed by atoms with E-state index in [2.05, 4.69) is 30.4 Å². The summed E-state index contributed by atoms with van der Waals surface area (Å²) in [6.45, 7) is 2.85. The first-order valence-corrected chi connectivity index (χ1v) is 10.3. The average molecular weight is 419 g/mol. The van der Waals surface area contributed by atoms with Crippen LogP contribution in [0, 0.1) is 0 Å². The van der Waals surface area contributed by atoms with Crippen LogP contribution in [0.15, 0.2) is 66.7 Å². The number of benzene rings is 3. The first kappa shape index (κ1) is 22.4. The van der Waals surface area contributed by atoms with Gasteiger partial charge in [-0.3, -0.25) is 4.79 Å². The second-order valence-electron chi connectivity index (χ2n) is 7.69. The van der Waals surface area contributed by atoms with Crippen molar-refractivity contribution in [3.63, 3.8) is 0 Å². The topological polar surface area (TPSA) is 50.8 Å². The molecular formula is C26H30N2O3. The molecule has 0 heterocycles. The highest BCUT2D eigenvalue weighted by molar-refractivity contribution is 5.94. The van der Waals surface area contributed by atoms with Crippen molar-refractivity contribution in [3.8, 4) is 22.6 Å². The smallest absolute Gasteiger partial charge is 0.253 e. The minimum absolute atomic E-state index is 0.0111. The predicted molar refractivity (Wildman–Crippen MR) is 125 cm³/mol. The van der Waals surface area contributed by atoms with E-state index in [-0.39, 0.29) is 11.9 Å². The van der Waals surface area contributed by atoms with Gasteiger partial charge in [-0.1, -0.05) is 30.3 Å². The molecule has 0 bridgehead atoms. The number of carbonyl (C=O) groups excluding carboxylic acids is 1. The first-order valence-electron chi connectivity index (χ1n) is 10.3. The summed E-state index contributed by atoms with van der Waals surface area (Å²) in [5.74, 6) is 1.65. The Kier molecular flexibility index (Phi) is 7.32. The zero-order valence-corrected chi connectivity index (χ0v) is 18.8. The zero-order valence-electron chi connectivity index (χ0n) is 18.8. The zero-order chi connectivity index (χ0) is 22.4. The Balaban J connectivity index is 1.78. The summed E-state index contributed by atoms with van der Waals surface area (Å²) in [6, 6.07) is 22.1. The second-order valence-corrected chi connectivity index (χ2v) is 7.69. The van der Waals surface area contributed by atoms with E-state index >= 15 is 0 Å². The molecule has 1 amide bonds. The fraction of sp³-hybridized carbons (Fsp3) is 0.269. The van der Waals surface area contributed by atoms with Crippen LogP contribution in [0.3, 0.4) is 0 Å². The molecule has 0 saturated heterocycles. The number of hydrogen-bond acceptors (Lipinski definition) is 4. The van der Waals surface area contributed by atoms with Gasteiger partial charge < -0.3 is 19.7 Å². The Bertz CT molecular complexity index is 1030. The molecule has 5 heteroatoms. The number of rotatable bonds is 8. The molecule has 1 N–H and O–H groups in total. The number of carbonyl (C=O) groups is 1. The van der Waals surface area contributed by atoms with Crippen molar-refractivity contribution in [1.82, 2.24) is 10.2 Å². The Labute approximate surface area is 184 Å². The lowest BCUT2D eigenvalue weighted by Crippen LogP contribution is -2.21. The number of methoxy groups -OCH3 is 2. The summed E-state index contributed by atoms with van der Waals surface area (Å²) in [6.07, 6.45) is 0. The molecule has 0 aliphatic carbocycles. The van der Waals surface area contributed by atoms with Crippen LogP contribution >= 0.6 is 0 Å². The van der Waals surface area contributed by atoms with E-state index in [9.17, 15) is 4.79 Å². The highest BCUT2D eigenvalue weighted by atomic mass is 16.5. The van der Waals surface area contributed by atoms with Crippen LogP contribution in [-0.4, -0.2) is 39.1 Å². The molecule has 0 aliphatic rings. The molecule has 31 heavy (non-hydrogen) atoms. The Morgan fingerprint density at radius 2 is 1.71 bits per heavy atom. The summed E-state index contributed by atoms with van der Waals surface area (Å²) in [4.78, 5) is 13.7. The van der Waals surface area contributed by atoms with Gasteiger partial charge in [0.2, 0.25) is 0 Å². The van der Waals surface area contributed by atoms with Crippen LogP contribution in [0.1, 0.15) is 34.5 Å². The Hall–Kier alpha value is -3.31. The number of hydrogen-bond donors (Lipinski definition) is 1. The van der Waals surface area contributed by atoms with Gasteiger partial charge in [-0.05, 0) is 60.0 Å². The molecular weight excluding hydrogens is 388 g/mol. The minimum Gasteiger partial charge on any atom is -0.497 e. The normalized spacial score (nSPS) is 11.6. The van der Waals surface area contributed by atoms with Crippen LogP contribution in [0.25, 0.3) is 11.1 Å². The van der Waals surface area contributed by atoms with E-state index in [0.717, 1.165) is 28.2 Å². The van der Waals surface area contributed by atoms with E-state index < -0.39 is 0 Å². The maximum atomic E-state index is 12.2. The monoisotopic (exact) mass is 418 g/mol. The first-order chi connectivity index (χ1) is 14.9. The van der Waals surface area contributed by atoms with E-state index in [1.165, 1.54) is 5.56 Å². The number of ether oxygens (including phenoxy) is 2. The van der Waals surface area contributed by atoms with Gasteiger partial charge in [0, 0.05) is 37.8 Å². The third-order valence-electron chi connectivity index (χ3n) is 5.32. The lowest BCUT2D eigenvalue weighted by molar-refractivity contribution is 0.0827. The lowest BCUT2D eigenvalue weighted by atomic mass is 10.00. The largest absolute Gasteiger partial charge is 0.497 e. The molecule has 0 radical (unpaired) electrons. The van der Waals surface area contributed by atoms with E-state index in [1.807, 2.05) is 48.5 Å². The van der Waals surface area contributed by atoms with Crippen molar-refractivity contribution >= 4 is 5.91 Å². The molecule has 0 fully saturated rings. The molecule has 3 rings (SSSR count). The molecule has 0 aromatic heterocycles. The Morgan fingerprint density at radius 3 is 2.35 bits per heavy atom. The summed E-state index contributed by atoms with van der Waals surface area (Å²) in [5.41, 5.74) is 5.00. The van der Waals surface area contributed by atoms with Gasteiger partial charge in [0.05, 0.1) is 14.2 Å². The maximum Gasteiger partial charge on any atom is 0.253 e.